The number of halogens is 1. The summed E-state index contributed by atoms with van der Waals surface area (Å²) in [6.07, 6.45) is 0. The standard InChI is InChI=1S/C16H14FNO3/c1-21-16(20)14(11-5-3-2-4-6-11)18-15(19)12-7-9-13(17)10-8-12/h2-10,14H,1H3,(H,18,19). The molecule has 0 spiro atoms. The smallest absolute Gasteiger partial charge is 0.333 e. The van der Waals surface area contributed by atoms with Crippen molar-refractivity contribution in [1.29, 1.82) is 0 Å². The van der Waals surface area contributed by atoms with Gasteiger partial charge in [0.2, 0.25) is 0 Å². The van der Waals surface area contributed by atoms with Gasteiger partial charge in [0.15, 0.2) is 6.04 Å². The van der Waals surface area contributed by atoms with Gasteiger partial charge in [-0.3, -0.25) is 4.79 Å². The summed E-state index contributed by atoms with van der Waals surface area (Å²) in [5.41, 5.74) is 0.876. The second kappa shape index (κ2) is 6.65. The lowest BCUT2D eigenvalue weighted by atomic mass is 10.1. The minimum absolute atomic E-state index is 0.265. The number of carbonyl (C=O) groups is 2. The Morgan fingerprint density at radius 2 is 1.67 bits per heavy atom. The third kappa shape index (κ3) is 3.66. The summed E-state index contributed by atoms with van der Waals surface area (Å²) in [6, 6.07) is 12.9. The number of carbonyl (C=O) groups excluding carboxylic acids is 2. The monoisotopic (exact) mass is 287 g/mol. The molecule has 1 unspecified atom stereocenters. The van der Waals surface area contributed by atoms with Gasteiger partial charge in [0.25, 0.3) is 5.91 Å². The van der Waals surface area contributed by atoms with Gasteiger partial charge in [-0.15, -0.1) is 0 Å². The summed E-state index contributed by atoms with van der Waals surface area (Å²) in [5.74, 6) is -1.48. The van der Waals surface area contributed by atoms with Gasteiger partial charge in [-0.25, -0.2) is 9.18 Å². The third-order valence-electron chi connectivity index (χ3n) is 2.95. The highest BCUT2D eigenvalue weighted by Crippen LogP contribution is 2.15. The van der Waals surface area contributed by atoms with Crippen LogP contribution in [0.3, 0.4) is 0 Å². The quantitative estimate of drug-likeness (QED) is 0.879. The fraction of sp³-hybridized carbons (Fsp3) is 0.125. The Balaban J connectivity index is 2.21. The van der Waals surface area contributed by atoms with Crippen LogP contribution in [0.25, 0.3) is 0 Å². The number of methoxy groups -OCH3 is 1. The highest BCUT2D eigenvalue weighted by molar-refractivity contribution is 5.97. The predicted molar refractivity (Wildman–Crippen MR) is 75.1 cm³/mol. The SMILES string of the molecule is COC(=O)C(NC(=O)c1ccc(F)cc1)c1ccccc1. The first-order chi connectivity index (χ1) is 10.1. The third-order valence-corrected chi connectivity index (χ3v) is 2.95. The van der Waals surface area contributed by atoms with Crippen LogP contribution in [-0.4, -0.2) is 19.0 Å². The van der Waals surface area contributed by atoms with Crippen LogP contribution in [0.2, 0.25) is 0 Å². The second-order valence-corrected chi connectivity index (χ2v) is 4.35. The number of hydrogen-bond acceptors (Lipinski definition) is 3. The van der Waals surface area contributed by atoms with Crippen LogP contribution in [0.1, 0.15) is 22.0 Å². The molecule has 1 amide bonds. The summed E-state index contributed by atoms with van der Waals surface area (Å²) in [7, 11) is 1.25. The molecule has 0 aliphatic rings. The van der Waals surface area contributed by atoms with Crippen molar-refractivity contribution < 1.29 is 18.7 Å². The van der Waals surface area contributed by atoms with Gasteiger partial charge in [0.05, 0.1) is 7.11 Å². The van der Waals surface area contributed by atoms with Crippen molar-refractivity contribution in [1.82, 2.24) is 5.32 Å². The van der Waals surface area contributed by atoms with Crippen LogP contribution in [0, 0.1) is 5.82 Å². The number of benzene rings is 2. The van der Waals surface area contributed by atoms with E-state index in [0.717, 1.165) is 0 Å². The van der Waals surface area contributed by atoms with Gasteiger partial charge < -0.3 is 10.1 Å². The van der Waals surface area contributed by atoms with Gasteiger partial charge in [-0.05, 0) is 29.8 Å². The zero-order valence-electron chi connectivity index (χ0n) is 11.4. The highest BCUT2D eigenvalue weighted by atomic mass is 19.1. The zero-order valence-corrected chi connectivity index (χ0v) is 11.4. The molecule has 0 heterocycles. The maximum Gasteiger partial charge on any atom is 0.333 e. The van der Waals surface area contributed by atoms with Crippen LogP contribution >= 0.6 is 0 Å². The molecule has 2 aromatic carbocycles. The Morgan fingerprint density at radius 3 is 2.24 bits per heavy atom. The normalized spacial score (nSPS) is 11.5. The molecule has 1 N–H and O–H groups in total. The molecule has 0 aliphatic heterocycles. The van der Waals surface area contributed by atoms with Gasteiger partial charge in [0.1, 0.15) is 5.82 Å². The Bertz CT molecular complexity index is 626. The lowest BCUT2D eigenvalue weighted by Crippen LogP contribution is -2.34. The van der Waals surface area contributed by atoms with E-state index in [1.165, 1.54) is 31.4 Å². The van der Waals surface area contributed by atoms with Crippen LogP contribution in [0.4, 0.5) is 4.39 Å². The summed E-state index contributed by atoms with van der Waals surface area (Å²) >= 11 is 0. The second-order valence-electron chi connectivity index (χ2n) is 4.35. The van der Waals surface area contributed by atoms with Crippen molar-refractivity contribution in [3.05, 3.63) is 71.5 Å². The van der Waals surface area contributed by atoms with Gasteiger partial charge in [-0.1, -0.05) is 30.3 Å². The lowest BCUT2D eigenvalue weighted by molar-refractivity contribution is -0.143. The first-order valence-electron chi connectivity index (χ1n) is 6.31. The lowest BCUT2D eigenvalue weighted by Gasteiger charge is -2.16. The van der Waals surface area contributed by atoms with Crippen molar-refractivity contribution in [2.75, 3.05) is 7.11 Å². The van der Waals surface area contributed by atoms with Crippen molar-refractivity contribution in [3.63, 3.8) is 0 Å². The minimum Gasteiger partial charge on any atom is -0.467 e. The minimum atomic E-state index is -0.909. The maximum absolute atomic E-state index is 12.9. The van der Waals surface area contributed by atoms with E-state index in [0.29, 0.717) is 5.56 Å². The maximum atomic E-state index is 12.9. The molecule has 4 nitrogen and oxygen atoms in total. The van der Waals surface area contributed by atoms with Crippen LogP contribution in [0.15, 0.2) is 54.6 Å². The predicted octanol–water partition coefficient (Wildman–Crippen LogP) is 2.47. The van der Waals surface area contributed by atoms with E-state index in [4.69, 9.17) is 4.74 Å². The van der Waals surface area contributed by atoms with E-state index >= 15 is 0 Å². The highest BCUT2D eigenvalue weighted by Gasteiger charge is 2.23. The number of nitrogens with one attached hydrogen (secondary N) is 1. The first kappa shape index (κ1) is 14.7. The van der Waals surface area contributed by atoms with Crippen LogP contribution in [0.5, 0.6) is 0 Å². The molecule has 1 atom stereocenters. The molecule has 0 saturated carbocycles. The van der Waals surface area contributed by atoms with Gasteiger partial charge >= 0.3 is 5.97 Å². The fourth-order valence-electron chi connectivity index (χ4n) is 1.86. The summed E-state index contributed by atoms with van der Waals surface area (Å²) in [6.45, 7) is 0. The molecule has 2 aromatic rings. The number of rotatable bonds is 4. The number of amides is 1. The van der Waals surface area contributed by atoms with E-state index < -0.39 is 23.7 Å². The molecule has 0 fully saturated rings. The summed E-state index contributed by atoms with van der Waals surface area (Å²) in [5, 5.41) is 2.58. The topological polar surface area (TPSA) is 55.4 Å². The van der Waals surface area contributed by atoms with Crippen molar-refractivity contribution >= 4 is 11.9 Å². The van der Waals surface area contributed by atoms with Gasteiger partial charge in [-0.2, -0.15) is 0 Å². The molecular weight excluding hydrogens is 273 g/mol. The average molecular weight is 287 g/mol. The van der Waals surface area contributed by atoms with Crippen LogP contribution < -0.4 is 5.32 Å². The molecule has 0 saturated heterocycles. The van der Waals surface area contributed by atoms with Crippen molar-refractivity contribution in [2.45, 2.75) is 6.04 Å². The fourth-order valence-corrected chi connectivity index (χ4v) is 1.86. The Hall–Kier alpha value is -2.69. The molecular formula is C16H14FNO3. The van der Waals surface area contributed by atoms with E-state index in [-0.39, 0.29) is 5.56 Å². The van der Waals surface area contributed by atoms with Crippen LogP contribution in [-0.2, 0) is 9.53 Å². The molecule has 2 rings (SSSR count). The molecule has 0 bridgehead atoms. The summed E-state index contributed by atoms with van der Waals surface area (Å²) < 4.78 is 17.6. The molecule has 21 heavy (non-hydrogen) atoms. The molecule has 0 aliphatic carbocycles. The van der Waals surface area contributed by atoms with Crippen molar-refractivity contribution in [3.8, 4) is 0 Å². The van der Waals surface area contributed by atoms with Crippen molar-refractivity contribution in [2.24, 2.45) is 0 Å². The summed E-state index contributed by atoms with van der Waals surface area (Å²) in [4.78, 5) is 24.0. The number of esters is 1. The number of ether oxygens (including phenoxy) is 1. The van der Waals surface area contributed by atoms with Gasteiger partial charge in [0, 0.05) is 5.56 Å². The van der Waals surface area contributed by atoms with E-state index in [9.17, 15) is 14.0 Å². The van der Waals surface area contributed by atoms with E-state index in [1.54, 1.807) is 30.3 Å². The largest absolute Gasteiger partial charge is 0.467 e. The first-order valence-corrected chi connectivity index (χ1v) is 6.31. The Morgan fingerprint density at radius 1 is 1.05 bits per heavy atom. The number of hydrogen-bond donors (Lipinski definition) is 1. The average Bonchev–Trinajstić information content (AvgIpc) is 2.53. The zero-order chi connectivity index (χ0) is 15.2. The molecule has 5 heteroatoms. The van der Waals surface area contributed by atoms with E-state index in [2.05, 4.69) is 5.32 Å². The Labute approximate surface area is 121 Å². The Kier molecular flexibility index (Phi) is 4.66. The molecule has 0 radical (unpaired) electrons. The van der Waals surface area contributed by atoms with E-state index in [1.807, 2.05) is 0 Å². The molecule has 108 valence electrons. The molecule has 0 aromatic heterocycles.